The zero-order valence-corrected chi connectivity index (χ0v) is 18.6. The zero-order chi connectivity index (χ0) is 22.7. The number of hydrogen-bond donors (Lipinski definition) is 0. The molecule has 0 radical (unpaired) electrons. The van der Waals surface area contributed by atoms with Crippen molar-refractivity contribution in [2.45, 2.75) is 51.7 Å². The molecule has 6 heteroatoms. The summed E-state index contributed by atoms with van der Waals surface area (Å²) in [6, 6.07) is 17.5. The fraction of sp³-hybridized carbons (Fsp3) is 0.346. The van der Waals surface area contributed by atoms with Crippen molar-refractivity contribution in [3.63, 3.8) is 0 Å². The first kappa shape index (κ1) is 21.7. The van der Waals surface area contributed by atoms with Gasteiger partial charge >= 0.3 is 0 Å². The maximum atomic E-state index is 11.5. The quantitative estimate of drug-likeness (QED) is 0.513. The van der Waals surface area contributed by atoms with E-state index in [0.29, 0.717) is 30.0 Å². The van der Waals surface area contributed by atoms with Gasteiger partial charge in [0, 0.05) is 18.2 Å². The third kappa shape index (κ3) is 5.03. The van der Waals surface area contributed by atoms with Crippen LogP contribution < -0.4 is 4.74 Å². The second-order valence-corrected chi connectivity index (χ2v) is 8.91. The molecule has 6 nitrogen and oxygen atoms in total. The molecule has 1 atom stereocenters. The average molecular weight is 431 g/mol. The van der Waals surface area contributed by atoms with Crippen LogP contribution in [0.15, 0.2) is 58.6 Å². The molecule has 3 aromatic rings. The minimum absolute atomic E-state index is 0.366. The van der Waals surface area contributed by atoms with Crippen LogP contribution in [0.1, 0.15) is 44.1 Å². The summed E-state index contributed by atoms with van der Waals surface area (Å²) in [4.78, 5) is 17.3. The highest BCUT2D eigenvalue weighted by Gasteiger charge is 2.34. The van der Waals surface area contributed by atoms with Gasteiger partial charge < -0.3 is 9.15 Å². The highest BCUT2D eigenvalue weighted by molar-refractivity contribution is 5.79. The molecule has 0 amide bonds. The van der Waals surface area contributed by atoms with Crippen LogP contribution in [-0.2, 0) is 22.5 Å². The molecule has 164 valence electrons. The van der Waals surface area contributed by atoms with Gasteiger partial charge in [0.05, 0.1) is 23.8 Å². The molecule has 0 unspecified atom stereocenters. The Morgan fingerprint density at radius 2 is 1.91 bits per heavy atom. The minimum atomic E-state index is -0.392. The largest absolute Gasteiger partial charge is 0.483 e. The first-order valence-corrected chi connectivity index (χ1v) is 10.7. The lowest BCUT2D eigenvalue weighted by molar-refractivity contribution is -0.198. The van der Waals surface area contributed by atoms with Crippen molar-refractivity contribution >= 4 is 16.9 Å². The number of nitrogens with zero attached hydrogens (tertiary/aromatic N) is 2. The first-order chi connectivity index (χ1) is 15.3. The van der Waals surface area contributed by atoms with E-state index < -0.39 is 5.60 Å². The Kier molecular flexibility index (Phi) is 6.05. The van der Waals surface area contributed by atoms with Gasteiger partial charge in [-0.25, -0.2) is 9.86 Å². The molecule has 2 aromatic carbocycles. The summed E-state index contributed by atoms with van der Waals surface area (Å²) in [7, 11) is 0. The maximum Gasteiger partial charge on any atom is 0.165 e. The highest BCUT2D eigenvalue weighted by Crippen LogP contribution is 2.28. The SMILES string of the molecule is CC(C)(C)ON1CC[C@H](Oc2ccc(CCc3cc4cc(C#N)ccc4o3)cc2)C1=C=O. The van der Waals surface area contributed by atoms with Gasteiger partial charge in [0.2, 0.25) is 0 Å². The van der Waals surface area contributed by atoms with Crippen molar-refractivity contribution in [2.24, 2.45) is 0 Å². The van der Waals surface area contributed by atoms with Crippen molar-refractivity contribution in [3.8, 4) is 11.8 Å². The number of carbonyl (C=O) groups excluding carboxylic acids is 1. The molecule has 2 heterocycles. The van der Waals surface area contributed by atoms with Crippen molar-refractivity contribution in [1.82, 2.24) is 5.06 Å². The molecule has 1 aliphatic heterocycles. The number of ether oxygens (including phenoxy) is 1. The molecule has 1 saturated heterocycles. The van der Waals surface area contributed by atoms with Crippen LogP contribution in [0, 0.1) is 11.3 Å². The lowest BCUT2D eigenvalue weighted by atomic mass is 10.1. The van der Waals surface area contributed by atoms with Crippen molar-refractivity contribution in [3.05, 3.63) is 71.1 Å². The molecular formula is C26H26N2O4. The molecule has 0 spiro atoms. The monoisotopic (exact) mass is 430 g/mol. The predicted molar refractivity (Wildman–Crippen MR) is 121 cm³/mol. The van der Waals surface area contributed by atoms with Gasteiger partial charge in [0.1, 0.15) is 17.1 Å². The Labute approximate surface area is 187 Å². The fourth-order valence-electron chi connectivity index (χ4n) is 3.77. The lowest BCUT2D eigenvalue weighted by Crippen LogP contribution is -2.32. The van der Waals surface area contributed by atoms with Crippen LogP contribution in [0.2, 0.25) is 0 Å². The molecule has 0 N–H and O–H groups in total. The van der Waals surface area contributed by atoms with E-state index in [-0.39, 0.29) is 6.10 Å². The zero-order valence-electron chi connectivity index (χ0n) is 18.6. The van der Waals surface area contributed by atoms with Crippen molar-refractivity contribution in [1.29, 1.82) is 5.26 Å². The van der Waals surface area contributed by atoms with Crippen LogP contribution in [-0.4, -0.2) is 29.3 Å². The summed E-state index contributed by atoms with van der Waals surface area (Å²) in [5.74, 6) is 3.58. The third-order valence-electron chi connectivity index (χ3n) is 5.21. The second kappa shape index (κ2) is 8.92. The first-order valence-electron chi connectivity index (χ1n) is 10.7. The van der Waals surface area contributed by atoms with E-state index in [4.69, 9.17) is 19.3 Å². The third-order valence-corrected chi connectivity index (χ3v) is 5.21. The van der Waals surface area contributed by atoms with E-state index in [1.807, 2.05) is 69.2 Å². The molecule has 0 saturated carbocycles. The fourth-order valence-corrected chi connectivity index (χ4v) is 3.77. The van der Waals surface area contributed by atoms with E-state index >= 15 is 0 Å². The standard InChI is InChI=1S/C26H26N2O4/c1-26(2,3)32-28-13-12-25(23(28)17-29)30-21-8-4-18(5-9-21)6-10-22-15-20-14-19(16-27)7-11-24(20)31-22/h4-5,7-9,11,14-15,25H,6,10,12-13H2,1-3H3/t25-/m0/s1. The van der Waals surface area contributed by atoms with Gasteiger partial charge in [-0.1, -0.05) is 12.1 Å². The highest BCUT2D eigenvalue weighted by atomic mass is 16.7. The maximum absolute atomic E-state index is 11.5. The predicted octanol–water partition coefficient (Wildman–Crippen LogP) is 4.99. The molecule has 0 aliphatic carbocycles. The molecule has 1 aromatic heterocycles. The van der Waals surface area contributed by atoms with E-state index in [1.54, 1.807) is 11.1 Å². The number of benzene rings is 2. The van der Waals surface area contributed by atoms with Crippen LogP contribution in [0.5, 0.6) is 5.75 Å². The van der Waals surface area contributed by atoms with Gasteiger partial charge in [-0.2, -0.15) is 5.26 Å². The Hall–Kier alpha value is -3.52. The number of aryl methyl sites for hydroxylation is 2. The summed E-state index contributed by atoms with van der Waals surface area (Å²) in [6.45, 7) is 6.42. The van der Waals surface area contributed by atoms with Crippen LogP contribution in [0.3, 0.4) is 0 Å². The Morgan fingerprint density at radius 3 is 2.59 bits per heavy atom. The van der Waals surface area contributed by atoms with E-state index in [9.17, 15) is 4.79 Å². The summed E-state index contributed by atoms with van der Waals surface area (Å²) in [5, 5.41) is 11.6. The second-order valence-electron chi connectivity index (χ2n) is 8.91. The Bertz CT molecular complexity index is 1190. The number of furan rings is 1. The van der Waals surface area contributed by atoms with Gasteiger partial charge in [-0.15, -0.1) is 0 Å². The molecular weight excluding hydrogens is 404 g/mol. The topological polar surface area (TPSA) is 75.7 Å². The smallest absolute Gasteiger partial charge is 0.165 e. The number of rotatable bonds is 6. The van der Waals surface area contributed by atoms with E-state index in [1.165, 1.54) is 0 Å². The van der Waals surface area contributed by atoms with Crippen LogP contribution in [0.4, 0.5) is 0 Å². The molecule has 32 heavy (non-hydrogen) atoms. The van der Waals surface area contributed by atoms with Crippen molar-refractivity contribution < 1.29 is 18.8 Å². The summed E-state index contributed by atoms with van der Waals surface area (Å²) in [5.41, 5.74) is 2.58. The Balaban J connectivity index is 1.35. The summed E-state index contributed by atoms with van der Waals surface area (Å²) in [6.07, 6.45) is 1.88. The number of hydrogen-bond acceptors (Lipinski definition) is 6. The van der Waals surface area contributed by atoms with Crippen LogP contribution in [0.25, 0.3) is 11.0 Å². The molecule has 1 fully saturated rings. The number of fused-ring (bicyclic) bond motifs is 1. The van der Waals surface area contributed by atoms with E-state index in [2.05, 4.69) is 6.07 Å². The lowest BCUT2D eigenvalue weighted by Gasteiger charge is -2.27. The Morgan fingerprint density at radius 1 is 1.12 bits per heavy atom. The van der Waals surface area contributed by atoms with Gasteiger partial charge in [0.15, 0.2) is 17.7 Å². The molecule has 0 bridgehead atoms. The summed E-state index contributed by atoms with van der Waals surface area (Å²) >= 11 is 0. The van der Waals surface area contributed by atoms with E-state index in [0.717, 1.165) is 35.1 Å². The van der Waals surface area contributed by atoms with Gasteiger partial charge in [-0.3, -0.25) is 4.84 Å². The minimum Gasteiger partial charge on any atom is -0.483 e. The van der Waals surface area contributed by atoms with Gasteiger partial charge in [0.25, 0.3) is 0 Å². The van der Waals surface area contributed by atoms with Crippen molar-refractivity contribution in [2.75, 3.05) is 6.54 Å². The average Bonchev–Trinajstić information content (AvgIpc) is 3.34. The summed E-state index contributed by atoms with van der Waals surface area (Å²) < 4.78 is 11.9. The number of hydroxylamine groups is 2. The van der Waals surface area contributed by atoms with Crippen LogP contribution >= 0.6 is 0 Å². The molecule has 1 aliphatic rings. The number of nitriles is 1. The molecule has 4 rings (SSSR count). The van der Waals surface area contributed by atoms with Gasteiger partial charge in [-0.05, 0) is 69.2 Å². The normalized spacial score (nSPS) is 16.2.